The summed E-state index contributed by atoms with van der Waals surface area (Å²) in [5, 5.41) is 5.34. The molecule has 0 amide bonds. The SMILES string of the molecule is CC(C)(C)c1ccc2c(c1)C1(C)CCCCC1(C)N2c1cc2c3c(c1)N(c1cccc4c1sc1ccccc14)c1cc4c(cc1B3c1cc3c(cc1N2c1cccc2c1sc1ccccc12)C(C)(C)CCC3(C)C)C(C)(C)CCC4(C)C. The predicted octanol–water partition coefficient (Wildman–Crippen LogP) is 20.2. The number of rotatable bonds is 3. The van der Waals surface area contributed by atoms with Crippen LogP contribution in [0.5, 0.6) is 0 Å². The van der Waals surface area contributed by atoms with Gasteiger partial charge in [0.25, 0.3) is 6.71 Å². The quantitative estimate of drug-likeness (QED) is 0.163. The molecular formula is C76H78BN3S2. The van der Waals surface area contributed by atoms with Crippen LogP contribution in [0.25, 0.3) is 40.3 Å². The smallest absolute Gasteiger partial charge is 0.252 e. The van der Waals surface area contributed by atoms with E-state index in [1.165, 1.54) is 168 Å². The molecule has 2 atom stereocenters. The molecule has 6 heteroatoms. The number of hydrogen-bond acceptors (Lipinski definition) is 5. The van der Waals surface area contributed by atoms with Crippen LogP contribution in [0.1, 0.15) is 175 Å². The second-order valence-electron chi connectivity index (χ2n) is 30.1. The molecule has 0 radical (unpaired) electrons. The number of thiophene rings is 2. The fraction of sp³-hybridized carbons (Fsp3) is 0.368. The highest BCUT2D eigenvalue weighted by Crippen LogP contribution is 2.63. The minimum absolute atomic E-state index is 0.00649. The van der Waals surface area contributed by atoms with Gasteiger partial charge in [0.05, 0.1) is 26.3 Å². The van der Waals surface area contributed by atoms with Gasteiger partial charge in [0.15, 0.2) is 0 Å². The third kappa shape index (κ3) is 6.83. The Morgan fingerprint density at radius 3 is 1.34 bits per heavy atom. The van der Waals surface area contributed by atoms with Crippen LogP contribution < -0.4 is 31.1 Å². The van der Waals surface area contributed by atoms with Crippen molar-refractivity contribution < 1.29 is 0 Å². The van der Waals surface area contributed by atoms with E-state index < -0.39 is 0 Å². The van der Waals surface area contributed by atoms with Crippen LogP contribution in [0.3, 0.4) is 0 Å². The van der Waals surface area contributed by atoms with Gasteiger partial charge in [-0.1, -0.05) is 181 Å². The van der Waals surface area contributed by atoms with Gasteiger partial charge in [-0.3, -0.25) is 0 Å². The first kappa shape index (κ1) is 51.3. The Morgan fingerprint density at radius 2 is 0.854 bits per heavy atom. The fourth-order valence-electron chi connectivity index (χ4n) is 17.2. The number of anilines is 8. The average Bonchev–Trinajstić information content (AvgIpc) is 2.95. The summed E-state index contributed by atoms with van der Waals surface area (Å²) >= 11 is 3.93. The molecule has 6 aliphatic rings. The Morgan fingerprint density at radius 1 is 0.402 bits per heavy atom. The molecule has 412 valence electrons. The summed E-state index contributed by atoms with van der Waals surface area (Å²) in [6.45, 7) is 32.6. The monoisotopic (exact) mass is 1110 g/mol. The van der Waals surface area contributed by atoms with Gasteiger partial charge in [-0.05, 0) is 177 Å². The van der Waals surface area contributed by atoms with Gasteiger partial charge >= 0.3 is 0 Å². The molecule has 3 aliphatic carbocycles. The summed E-state index contributed by atoms with van der Waals surface area (Å²) in [6.07, 6.45) is 9.43. The molecule has 1 fully saturated rings. The number of hydrogen-bond donors (Lipinski definition) is 0. The van der Waals surface area contributed by atoms with Gasteiger partial charge in [-0.25, -0.2) is 0 Å². The third-order valence-electron chi connectivity index (χ3n) is 22.5. The highest BCUT2D eigenvalue weighted by atomic mass is 32.1. The summed E-state index contributed by atoms with van der Waals surface area (Å²) in [5.41, 5.74) is 23.7. The van der Waals surface area contributed by atoms with Gasteiger partial charge in [-0.15, -0.1) is 22.7 Å². The van der Waals surface area contributed by atoms with Crippen molar-refractivity contribution in [3.8, 4) is 0 Å². The second kappa shape index (κ2) is 16.7. The minimum Gasteiger partial charge on any atom is -0.334 e. The zero-order chi connectivity index (χ0) is 56.6. The maximum atomic E-state index is 2.89. The zero-order valence-electron chi connectivity index (χ0n) is 50.7. The van der Waals surface area contributed by atoms with Crippen LogP contribution in [0.2, 0.25) is 0 Å². The van der Waals surface area contributed by atoms with Crippen molar-refractivity contribution in [3.05, 3.63) is 173 Å². The molecule has 0 bridgehead atoms. The van der Waals surface area contributed by atoms with Gasteiger partial charge in [0.1, 0.15) is 0 Å². The lowest BCUT2D eigenvalue weighted by molar-refractivity contribution is 0.195. The maximum absolute atomic E-state index is 2.89. The van der Waals surface area contributed by atoms with Crippen molar-refractivity contribution in [1.82, 2.24) is 0 Å². The lowest BCUT2D eigenvalue weighted by Gasteiger charge is -2.51. The molecule has 10 aromatic rings. The molecule has 8 aromatic carbocycles. The number of nitrogens with zero attached hydrogens (tertiary/aromatic N) is 3. The topological polar surface area (TPSA) is 9.72 Å². The summed E-state index contributed by atoms with van der Waals surface area (Å²) in [6, 6.07) is 56.6. The van der Waals surface area contributed by atoms with Crippen molar-refractivity contribution in [3.63, 3.8) is 0 Å². The van der Waals surface area contributed by atoms with E-state index in [1.807, 2.05) is 22.7 Å². The van der Waals surface area contributed by atoms with Gasteiger partial charge < -0.3 is 14.7 Å². The molecule has 0 spiro atoms. The Bertz CT molecular complexity index is 4200. The molecular weight excluding hydrogens is 1030 g/mol. The largest absolute Gasteiger partial charge is 0.334 e. The first-order valence-electron chi connectivity index (χ1n) is 30.9. The summed E-state index contributed by atoms with van der Waals surface area (Å²) in [5.74, 6) is 0. The Balaban J connectivity index is 1.10. The van der Waals surface area contributed by atoms with Crippen LogP contribution in [0, 0.1) is 0 Å². The fourth-order valence-corrected chi connectivity index (χ4v) is 19.6. The van der Waals surface area contributed by atoms with E-state index in [-0.39, 0.29) is 44.7 Å². The number of fused-ring (bicyclic) bond motifs is 15. The van der Waals surface area contributed by atoms with Crippen LogP contribution in [-0.2, 0) is 32.5 Å². The molecule has 0 N–H and O–H groups in total. The van der Waals surface area contributed by atoms with E-state index in [1.54, 1.807) is 0 Å². The third-order valence-corrected chi connectivity index (χ3v) is 24.9. The highest BCUT2D eigenvalue weighted by molar-refractivity contribution is 7.27. The van der Waals surface area contributed by atoms with E-state index in [4.69, 9.17) is 0 Å². The van der Waals surface area contributed by atoms with Crippen molar-refractivity contribution in [2.45, 2.75) is 179 Å². The Kier molecular flexibility index (Phi) is 10.5. The Hall–Kier alpha value is -6.34. The van der Waals surface area contributed by atoms with E-state index in [0.717, 1.165) is 19.3 Å². The van der Waals surface area contributed by atoms with Crippen molar-refractivity contribution in [1.29, 1.82) is 0 Å². The van der Waals surface area contributed by atoms with Crippen LogP contribution in [0.4, 0.5) is 45.5 Å². The highest BCUT2D eigenvalue weighted by Gasteiger charge is 2.59. The molecule has 5 heterocycles. The van der Waals surface area contributed by atoms with Gasteiger partial charge in [0.2, 0.25) is 0 Å². The van der Waals surface area contributed by atoms with Crippen LogP contribution in [0.15, 0.2) is 140 Å². The first-order chi connectivity index (χ1) is 39.0. The second-order valence-corrected chi connectivity index (χ2v) is 32.2. The normalized spacial score (nSPS) is 22.5. The van der Waals surface area contributed by atoms with Gasteiger partial charge in [-0.2, -0.15) is 0 Å². The molecule has 2 unspecified atom stereocenters. The number of benzene rings is 8. The molecule has 0 saturated heterocycles. The predicted molar refractivity (Wildman–Crippen MR) is 358 cm³/mol. The van der Waals surface area contributed by atoms with E-state index in [9.17, 15) is 0 Å². The van der Waals surface area contributed by atoms with Crippen molar-refractivity contribution in [2.24, 2.45) is 0 Å². The lowest BCUT2D eigenvalue weighted by Crippen LogP contribution is -2.62. The van der Waals surface area contributed by atoms with Crippen molar-refractivity contribution >= 4 is 132 Å². The molecule has 3 aliphatic heterocycles. The molecule has 82 heavy (non-hydrogen) atoms. The molecule has 1 saturated carbocycles. The lowest BCUT2D eigenvalue weighted by atomic mass is 9.32. The summed E-state index contributed by atoms with van der Waals surface area (Å²) in [7, 11) is 0. The Labute approximate surface area is 495 Å². The van der Waals surface area contributed by atoms with E-state index in [0.29, 0.717) is 0 Å². The van der Waals surface area contributed by atoms with Gasteiger partial charge in [0, 0.05) is 70.5 Å². The van der Waals surface area contributed by atoms with Crippen molar-refractivity contribution in [2.75, 3.05) is 14.7 Å². The van der Waals surface area contributed by atoms with E-state index >= 15 is 0 Å². The van der Waals surface area contributed by atoms with Crippen LogP contribution >= 0.6 is 22.7 Å². The summed E-state index contributed by atoms with van der Waals surface area (Å²) < 4.78 is 5.37. The molecule has 3 nitrogen and oxygen atoms in total. The molecule has 16 rings (SSSR count). The average molecular weight is 1110 g/mol. The molecule has 2 aromatic heterocycles. The van der Waals surface area contributed by atoms with Crippen LogP contribution in [-0.4, -0.2) is 12.3 Å². The summed E-state index contributed by atoms with van der Waals surface area (Å²) in [4.78, 5) is 8.50. The zero-order valence-corrected chi connectivity index (χ0v) is 52.3. The standard InChI is InChI=1S/C76H78BN3S2/c1-70(2,3)45-30-31-58-55(38-45)75(12)32-18-19-33-76(75,13)80(58)46-39-63-67-64(40-46)79(60-27-21-25-50-48-23-15-17-29-66(48)82-69(50)60)62-44-54-52(72(6,7)35-37-74(54,10)11)42-57(62)77(67)56-41-51-53(73(8,9)36-34-71(51,4)5)43-61(56)78(63)59-26-20-24-49-47-22-14-16-28-65(47)81-68(49)59/h14-17,20-31,38-44H,18-19,32-37H2,1-13H3. The maximum Gasteiger partial charge on any atom is 0.252 e. The minimum atomic E-state index is -0.167. The van der Waals surface area contributed by atoms with E-state index in [2.05, 4.69) is 244 Å². The first-order valence-corrected chi connectivity index (χ1v) is 32.5.